The summed E-state index contributed by atoms with van der Waals surface area (Å²) in [6.45, 7) is 12.7. The van der Waals surface area contributed by atoms with Gasteiger partial charge >= 0.3 is 23.9 Å². The van der Waals surface area contributed by atoms with Gasteiger partial charge in [0.25, 0.3) is 5.89 Å². The molecule has 1 unspecified atom stereocenters. The molecule has 582 valence electrons. The van der Waals surface area contributed by atoms with Crippen molar-refractivity contribution in [2.24, 2.45) is 0 Å². The number of nitrogens with two attached hydrogens (primary N) is 1. The van der Waals surface area contributed by atoms with Gasteiger partial charge in [-0.05, 0) is 154 Å². The summed E-state index contributed by atoms with van der Waals surface area (Å²) in [4.78, 5) is 9.72. The van der Waals surface area contributed by atoms with Crippen LogP contribution in [0.15, 0.2) is 117 Å². The van der Waals surface area contributed by atoms with Gasteiger partial charge in [0.2, 0.25) is 30.0 Å². The quantitative estimate of drug-likeness (QED) is 0.0664. The van der Waals surface area contributed by atoms with Crippen molar-refractivity contribution in [1.29, 1.82) is 0 Å². The smallest absolute Gasteiger partial charge is 0.451 e. The molecule has 0 aliphatic heterocycles. The molecule has 12 aromatic heterocycles. The normalized spacial score (nSPS) is 11.0. The Labute approximate surface area is 610 Å². The highest BCUT2D eigenvalue weighted by Gasteiger charge is 2.18. The van der Waals surface area contributed by atoms with E-state index in [0.717, 1.165) is 101 Å². The highest BCUT2D eigenvalue weighted by Crippen LogP contribution is 2.29. The molecule has 1 atom stereocenters. The second kappa shape index (κ2) is 58.9. The standard InChI is InChI=1S/C9H10N4.C9H17N3O2.C8H7N3O.C7H12N4.C7H13N3O.C4H7N3O2.C4H7N3O.C2H3N3O2.C2H3N3O.CH2N4O.CHN3O2.CHN3O/c1-2-8-4-3-5-9(6-8)13-7-10-11-12-13;1-2-5-8(13)6-3-4-7-9-10-11-12-14-9;1-2-4-7(5-3-1)6-8-9-10-11-12-8;1-2-4-6(5-3-1)7-8-10-11-9-7;1-2-3-4-5-6-7-8-9-10-11-7;1-2-3-8-4-5-6-7-9-4;1-2-3-4-5-6-7-8-4;1-6-2-3-4-5-7-2;1-2-3-4-5-6-2;2-1-3-4-5-6-1;5-1-2-3-4-6-1;1-2-3-4-5-1/h3-7H,2H2,1H3;8,13H,2-7H2,1H3;1-5H,6H2;6H,1-5H2,(H,8,9,10,11);2-6H2,1H3;2-3H2,1H3;2-3H2,1H3;1H3;1H3;(H2,2,3,5);(H,2,4,5);1H. The van der Waals surface area contributed by atoms with Crippen molar-refractivity contribution in [3.05, 3.63) is 124 Å². The number of nitrogen functional groups attached to an aromatic ring is 1. The third-order valence-corrected chi connectivity index (χ3v) is 12.7. The molecule has 53 nitrogen and oxygen atoms in total. The fourth-order valence-corrected chi connectivity index (χ4v) is 7.82. The van der Waals surface area contributed by atoms with Crippen molar-refractivity contribution in [2.45, 2.75) is 188 Å². The van der Waals surface area contributed by atoms with Crippen molar-refractivity contribution >= 4 is 6.01 Å². The lowest BCUT2D eigenvalue weighted by molar-refractivity contribution is 0.150. The minimum absolute atomic E-state index is 0.00463. The summed E-state index contributed by atoms with van der Waals surface area (Å²) in [5.74, 6) is 3.74. The monoisotopic (exact) mass is 1510 g/mol. The van der Waals surface area contributed by atoms with Crippen LogP contribution in [0.1, 0.15) is 190 Å². The molecule has 15 rings (SSSR count). The number of aryl methyl sites for hydroxylation is 5. The number of unbranched alkanes of at least 4 members (excludes halogenated alkanes) is 4. The average molecular weight is 1510 g/mol. The Morgan fingerprint density at radius 3 is 1.60 bits per heavy atom. The number of nitrogens with zero attached hydrogens (tertiary/aromatic N) is 36. The van der Waals surface area contributed by atoms with E-state index in [9.17, 15) is 9.90 Å². The van der Waals surface area contributed by atoms with Gasteiger partial charge in [-0.15, -0.1) is 15.3 Å². The van der Waals surface area contributed by atoms with E-state index in [0.29, 0.717) is 48.4 Å². The SMILES string of the molecule is C1CCC(c2nn[nH]n2)CC1.CCCC(O)CCCCc1nnno1.CCCCCCc1nnno1.CCCOc1nnno1.CCCc1nnno1.CCc1cccc(-n2cnnn2)c1.COc1nnno1.Cc1nnno1.Nc1nnno1.O=c1[nH]nno1.c1ccc(Cc2nnno2)cc1.c1nnno1. The van der Waals surface area contributed by atoms with Gasteiger partial charge in [-0.2, -0.15) is 10.3 Å². The van der Waals surface area contributed by atoms with Gasteiger partial charge in [0, 0.05) is 32.1 Å². The number of methoxy groups -OCH3 is 1. The van der Waals surface area contributed by atoms with Crippen molar-refractivity contribution in [2.75, 3.05) is 19.5 Å². The lowest BCUT2D eigenvalue weighted by Gasteiger charge is -2.17. The van der Waals surface area contributed by atoms with E-state index in [4.69, 9.17) is 24.0 Å². The summed E-state index contributed by atoms with van der Waals surface area (Å²) >= 11 is 0. The van der Waals surface area contributed by atoms with E-state index in [1.54, 1.807) is 17.9 Å². The Kier molecular flexibility index (Phi) is 47.4. The predicted octanol–water partition coefficient (Wildman–Crippen LogP) is 3.64. The molecule has 0 saturated heterocycles. The predicted molar refractivity (Wildman–Crippen MR) is 353 cm³/mol. The van der Waals surface area contributed by atoms with Crippen molar-refractivity contribution in [1.82, 2.24) is 197 Å². The number of rotatable bonds is 23. The van der Waals surface area contributed by atoms with Gasteiger partial charge in [-0.3, -0.25) is 18.1 Å². The van der Waals surface area contributed by atoms with Crippen LogP contribution in [0, 0.1) is 6.92 Å². The summed E-state index contributed by atoms with van der Waals surface area (Å²) < 4.78 is 55.1. The number of ether oxygens (including phenoxy) is 2. The minimum Gasteiger partial charge on any atom is -0.451 e. The topological polar surface area (TPSA) is 701 Å². The molecule has 0 bridgehead atoms. The zero-order valence-electron chi connectivity index (χ0n) is 60.0. The highest BCUT2D eigenvalue weighted by atomic mass is 16.7. The van der Waals surface area contributed by atoms with Gasteiger partial charge < -0.3 is 47.5 Å². The van der Waals surface area contributed by atoms with Crippen LogP contribution in [0.3, 0.4) is 0 Å². The van der Waals surface area contributed by atoms with Crippen LogP contribution >= 0.6 is 0 Å². The van der Waals surface area contributed by atoms with Crippen LogP contribution in [0.5, 0.6) is 12.2 Å². The molecule has 12 heterocycles. The van der Waals surface area contributed by atoms with E-state index < -0.39 is 5.76 Å². The third kappa shape index (κ3) is 43.4. The maximum absolute atomic E-state index is 9.72. The third-order valence-electron chi connectivity index (χ3n) is 12.7. The number of benzene rings is 2. The number of aliphatic hydroxyl groups is 1. The summed E-state index contributed by atoms with van der Waals surface area (Å²) in [6.07, 6.45) is 25.0. The molecule has 1 aliphatic carbocycles. The van der Waals surface area contributed by atoms with Crippen molar-refractivity contribution < 1.29 is 59.8 Å². The van der Waals surface area contributed by atoms with Crippen LogP contribution in [0.2, 0.25) is 0 Å². The summed E-state index contributed by atoms with van der Waals surface area (Å²) in [5, 5.41) is 130. The molecule has 2 aromatic carbocycles. The Morgan fingerprint density at radius 2 is 1.17 bits per heavy atom. The number of aliphatic hydroxyl groups excluding tert-OH is 1. The van der Waals surface area contributed by atoms with Gasteiger partial charge in [-0.25, -0.2) is 9.48 Å². The molecule has 5 N–H and O–H groups in total. The fourth-order valence-electron chi connectivity index (χ4n) is 7.82. The number of hydrogen-bond donors (Lipinski definition) is 4. The van der Waals surface area contributed by atoms with Crippen LogP contribution < -0.4 is 21.0 Å². The molecule has 1 saturated carbocycles. The summed E-state index contributed by atoms with van der Waals surface area (Å²) in [5.41, 5.74) is 8.31. The molecule has 108 heavy (non-hydrogen) atoms. The number of aromatic nitrogens is 38. The van der Waals surface area contributed by atoms with Gasteiger partial charge in [0.1, 0.15) is 6.33 Å². The van der Waals surface area contributed by atoms with Gasteiger partial charge in [-0.1, -0.05) is 169 Å². The molecule has 1 fully saturated rings. The molecule has 14 aromatic rings. The number of hydrogen-bond acceptors (Lipinski definition) is 50. The molecule has 0 radical (unpaired) electrons. The second-order valence-corrected chi connectivity index (χ2v) is 20.9. The second-order valence-electron chi connectivity index (χ2n) is 20.9. The van der Waals surface area contributed by atoms with Crippen LogP contribution in [0.4, 0.5) is 6.01 Å². The molecular formula is C55H83N39O14. The van der Waals surface area contributed by atoms with Crippen LogP contribution in [0.25, 0.3) is 5.69 Å². The first-order valence-electron chi connectivity index (χ1n) is 33.3. The molecule has 1 aliphatic rings. The number of anilines is 1. The van der Waals surface area contributed by atoms with Gasteiger partial charge in [0.15, 0.2) is 5.82 Å². The molecular weight excluding hydrogens is 1430 g/mol. The van der Waals surface area contributed by atoms with E-state index >= 15 is 0 Å². The number of aromatic amines is 2. The Hall–Kier alpha value is -13.6. The Balaban J connectivity index is 0.000000252. The van der Waals surface area contributed by atoms with Crippen LogP contribution in [-0.4, -0.2) is 222 Å². The number of nitrogens with one attached hydrogen (secondary N) is 2. The van der Waals surface area contributed by atoms with Gasteiger partial charge in [0.05, 0.1) is 84.6 Å². The number of H-pyrrole nitrogens is 2. The van der Waals surface area contributed by atoms with Crippen LogP contribution in [-0.2, 0) is 32.1 Å². The zero-order valence-corrected chi connectivity index (χ0v) is 60.0. The first kappa shape index (κ1) is 86.8. The fraction of sp³-hybridized carbons (Fsp3) is 0.564. The number of tetrazole rings is 2. The summed E-state index contributed by atoms with van der Waals surface area (Å²) in [7, 11) is 1.43. The largest absolute Gasteiger partial charge is 0.456 e. The minimum atomic E-state index is -0.630. The first-order valence-corrected chi connectivity index (χ1v) is 33.3. The highest BCUT2D eigenvalue weighted by molar-refractivity contribution is 5.34. The molecule has 0 amide bonds. The lowest BCUT2D eigenvalue weighted by atomic mass is 9.89. The van der Waals surface area contributed by atoms with E-state index in [-0.39, 0.29) is 24.3 Å². The van der Waals surface area contributed by atoms with E-state index in [2.05, 4.69) is 256 Å². The molecule has 0 spiro atoms. The van der Waals surface area contributed by atoms with Crippen molar-refractivity contribution in [3.8, 4) is 17.8 Å². The molecule has 53 heteroatoms. The average Bonchev–Trinajstić information content (AvgIpc) is 1.62. The lowest BCUT2D eigenvalue weighted by Crippen LogP contribution is -2.06. The van der Waals surface area contributed by atoms with Crippen molar-refractivity contribution in [3.63, 3.8) is 0 Å². The Morgan fingerprint density at radius 1 is 0.546 bits per heavy atom. The van der Waals surface area contributed by atoms with E-state index in [1.165, 1.54) is 64.0 Å². The maximum Gasteiger partial charge on any atom is 0.456 e. The first-order chi connectivity index (χ1) is 53.0. The maximum atomic E-state index is 9.72. The summed E-state index contributed by atoms with van der Waals surface area (Å²) in [6, 6.07) is 18.1. The van der Waals surface area contributed by atoms with E-state index in [1.807, 2.05) is 61.4 Å². The Bertz CT molecular complexity index is 4000. The zero-order chi connectivity index (χ0) is 77.2.